The SMILES string of the molecule is O=C(NCCCN1CCCCC1)c1ccnc(N2CCN[C@@H](c3ccccc3)C2)c1. The van der Waals surface area contributed by atoms with Crippen LogP contribution in [-0.4, -0.2) is 61.6 Å². The Hall–Kier alpha value is -2.44. The molecule has 0 aliphatic carbocycles. The summed E-state index contributed by atoms with van der Waals surface area (Å²) in [5, 5.41) is 6.66. The third kappa shape index (κ3) is 5.58. The Morgan fingerprint density at radius 1 is 1.10 bits per heavy atom. The van der Waals surface area contributed by atoms with Crippen molar-refractivity contribution in [3.63, 3.8) is 0 Å². The molecule has 1 aromatic carbocycles. The van der Waals surface area contributed by atoms with Crippen LogP contribution in [0.25, 0.3) is 0 Å². The minimum atomic E-state index is -0.00737. The van der Waals surface area contributed by atoms with Crippen LogP contribution in [0.2, 0.25) is 0 Å². The van der Waals surface area contributed by atoms with E-state index in [0.29, 0.717) is 5.56 Å². The van der Waals surface area contributed by atoms with Crippen molar-refractivity contribution in [2.75, 3.05) is 50.7 Å². The Bertz CT molecular complexity index is 806. The molecule has 1 aromatic heterocycles. The maximum atomic E-state index is 12.6. The number of amides is 1. The van der Waals surface area contributed by atoms with Crippen molar-refractivity contribution in [3.05, 3.63) is 59.8 Å². The second kappa shape index (κ2) is 10.5. The van der Waals surface area contributed by atoms with Gasteiger partial charge >= 0.3 is 0 Å². The molecule has 3 heterocycles. The molecule has 2 aliphatic heterocycles. The smallest absolute Gasteiger partial charge is 0.251 e. The molecule has 1 atom stereocenters. The summed E-state index contributed by atoms with van der Waals surface area (Å²) in [7, 11) is 0. The van der Waals surface area contributed by atoms with Crippen LogP contribution in [0.15, 0.2) is 48.7 Å². The summed E-state index contributed by atoms with van der Waals surface area (Å²) in [6, 6.07) is 14.5. The van der Waals surface area contributed by atoms with Crippen molar-refractivity contribution in [2.45, 2.75) is 31.7 Å². The van der Waals surface area contributed by atoms with Gasteiger partial charge in [0.2, 0.25) is 0 Å². The molecule has 2 saturated heterocycles. The maximum Gasteiger partial charge on any atom is 0.251 e. The van der Waals surface area contributed by atoms with Gasteiger partial charge in [0, 0.05) is 44.0 Å². The number of aromatic nitrogens is 1. The number of carbonyl (C=O) groups is 1. The standard InChI is InChI=1S/C24H33N5O/c30-24(27-11-7-16-28-14-5-2-6-15-28)21-10-12-26-23(18-21)29-17-13-25-22(19-29)20-8-3-1-4-9-20/h1,3-4,8-10,12,18,22,25H,2,5-7,11,13-17,19H2,(H,27,30)/t22-/m1/s1. The molecule has 0 bridgehead atoms. The first kappa shape index (κ1) is 20.8. The van der Waals surface area contributed by atoms with E-state index in [-0.39, 0.29) is 11.9 Å². The van der Waals surface area contributed by atoms with E-state index >= 15 is 0 Å². The van der Waals surface area contributed by atoms with E-state index in [1.165, 1.54) is 37.9 Å². The van der Waals surface area contributed by atoms with Gasteiger partial charge in [-0.3, -0.25) is 4.79 Å². The summed E-state index contributed by atoms with van der Waals surface area (Å²) in [4.78, 5) is 21.9. The Morgan fingerprint density at radius 3 is 2.77 bits per heavy atom. The van der Waals surface area contributed by atoms with Gasteiger partial charge in [0.25, 0.3) is 5.91 Å². The van der Waals surface area contributed by atoms with Crippen LogP contribution in [0, 0.1) is 0 Å². The summed E-state index contributed by atoms with van der Waals surface area (Å²) < 4.78 is 0. The zero-order chi connectivity index (χ0) is 20.6. The fraction of sp³-hybridized carbons (Fsp3) is 0.500. The monoisotopic (exact) mass is 407 g/mol. The van der Waals surface area contributed by atoms with Crippen molar-refractivity contribution in [3.8, 4) is 0 Å². The van der Waals surface area contributed by atoms with Gasteiger partial charge in [-0.25, -0.2) is 4.98 Å². The van der Waals surface area contributed by atoms with Crippen LogP contribution >= 0.6 is 0 Å². The highest BCUT2D eigenvalue weighted by Crippen LogP contribution is 2.21. The molecule has 2 N–H and O–H groups in total. The third-order valence-electron chi connectivity index (χ3n) is 6.09. The predicted molar refractivity (Wildman–Crippen MR) is 121 cm³/mol. The molecule has 2 aliphatic rings. The van der Waals surface area contributed by atoms with Crippen molar-refractivity contribution in [1.82, 2.24) is 20.5 Å². The van der Waals surface area contributed by atoms with Crippen LogP contribution in [0.3, 0.4) is 0 Å². The highest BCUT2D eigenvalue weighted by atomic mass is 16.1. The van der Waals surface area contributed by atoms with Crippen LogP contribution in [-0.2, 0) is 0 Å². The summed E-state index contributed by atoms with van der Waals surface area (Å²) in [5.74, 6) is 0.866. The number of likely N-dealkylation sites (tertiary alicyclic amines) is 1. The van der Waals surface area contributed by atoms with Crippen LogP contribution in [0.5, 0.6) is 0 Å². The van der Waals surface area contributed by atoms with E-state index in [1.54, 1.807) is 12.3 Å². The van der Waals surface area contributed by atoms with Gasteiger partial charge in [0.1, 0.15) is 5.82 Å². The first-order chi connectivity index (χ1) is 14.8. The molecule has 2 aromatic rings. The van der Waals surface area contributed by atoms with Gasteiger partial charge in [0.05, 0.1) is 0 Å². The Kier molecular flexibility index (Phi) is 7.32. The van der Waals surface area contributed by atoms with Gasteiger partial charge in [-0.05, 0) is 56.6 Å². The fourth-order valence-electron chi connectivity index (χ4n) is 4.39. The van der Waals surface area contributed by atoms with E-state index in [4.69, 9.17) is 0 Å². The highest BCUT2D eigenvalue weighted by Gasteiger charge is 2.22. The molecule has 6 heteroatoms. The molecule has 0 spiro atoms. The molecule has 2 fully saturated rings. The minimum Gasteiger partial charge on any atom is -0.353 e. The van der Waals surface area contributed by atoms with E-state index in [9.17, 15) is 4.79 Å². The van der Waals surface area contributed by atoms with Gasteiger partial charge in [-0.2, -0.15) is 0 Å². The summed E-state index contributed by atoms with van der Waals surface area (Å²) in [5.41, 5.74) is 1.97. The fourth-order valence-corrected chi connectivity index (χ4v) is 4.39. The van der Waals surface area contributed by atoms with Crippen molar-refractivity contribution < 1.29 is 4.79 Å². The zero-order valence-electron chi connectivity index (χ0n) is 17.7. The number of piperidine rings is 1. The van der Waals surface area contributed by atoms with E-state index in [1.807, 2.05) is 12.1 Å². The summed E-state index contributed by atoms with van der Waals surface area (Å²) >= 11 is 0. The normalized spacial score (nSPS) is 20.1. The number of nitrogens with one attached hydrogen (secondary N) is 2. The first-order valence-corrected chi connectivity index (χ1v) is 11.3. The van der Waals surface area contributed by atoms with E-state index in [0.717, 1.165) is 45.0 Å². The lowest BCUT2D eigenvalue weighted by Gasteiger charge is -2.34. The predicted octanol–water partition coefficient (Wildman–Crippen LogP) is 2.84. The maximum absolute atomic E-state index is 12.6. The molecule has 4 rings (SSSR count). The number of piperazine rings is 1. The average molecular weight is 408 g/mol. The zero-order valence-corrected chi connectivity index (χ0v) is 17.7. The average Bonchev–Trinajstić information content (AvgIpc) is 2.83. The lowest BCUT2D eigenvalue weighted by Crippen LogP contribution is -2.46. The van der Waals surface area contributed by atoms with Gasteiger partial charge in [-0.1, -0.05) is 36.8 Å². The third-order valence-corrected chi connectivity index (χ3v) is 6.09. The van der Waals surface area contributed by atoms with Crippen LogP contribution in [0.4, 0.5) is 5.82 Å². The van der Waals surface area contributed by atoms with Crippen molar-refractivity contribution >= 4 is 11.7 Å². The molecule has 0 unspecified atom stereocenters. The lowest BCUT2D eigenvalue weighted by atomic mass is 10.0. The first-order valence-electron chi connectivity index (χ1n) is 11.3. The lowest BCUT2D eigenvalue weighted by molar-refractivity contribution is 0.0951. The molecule has 0 saturated carbocycles. The molecule has 6 nitrogen and oxygen atoms in total. The molecule has 160 valence electrons. The molecular formula is C24H33N5O. The number of rotatable bonds is 7. The van der Waals surface area contributed by atoms with Crippen molar-refractivity contribution in [2.24, 2.45) is 0 Å². The van der Waals surface area contributed by atoms with Crippen molar-refractivity contribution in [1.29, 1.82) is 0 Å². The highest BCUT2D eigenvalue weighted by molar-refractivity contribution is 5.94. The number of pyridine rings is 1. The summed E-state index contributed by atoms with van der Waals surface area (Å²) in [6.45, 7) is 6.83. The number of anilines is 1. The number of carbonyl (C=O) groups excluding carboxylic acids is 1. The largest absolute Gasteiger partial charge is 0.353 e. The minimum absolute atomic E-state index is 0.00737. The number of nitrogens with zero attached hydrogens (tertiary/aromatic N) is 3. The van der Waals surface area contributed by atoms with Crippen LogP contribution in [0.1, 0.15) is 47.6 Å². The molecular weight excluding hydrogens is 374 g/mol. The second-order valence-electron chi connectivity index (χ2n) is 8.28. The number of hydrogen-bond donors (Lipinski definition) is 2. The van der Waals surface area contributed by atoms with Gasteiger partial charge in [0.15, 0.2) is 0 Å². The molecule has 0 radical (unpaired) electrons. The topological polar surface area (TPSA) is 60.5 Å². The Labute approximate surface area is 179 Å². The van der Waals surface area contributed by atoms with E-state index < -0.39 is 0 Å². The van der Waals surface area contributed by atoms with Gasteiger partial charge in [-0.15, -0.1) is 0 Å². The Balaban J connectivity index is 1.30. The number of benzene rings is 1. The molecule has 30 heavy (non-hydrogen) atoms. The quantitative estimate of drug-likeness (QED) is 0.691. The second-order valence-corrected chi connectivity index (χ2v) is 8.28. The van der Waals surface area contributed by atoms with Gasteiger partial charge < -0.3 is 20.4 Å². The Morgan fingerprint density at radius 2 is 1.93 bits per heavy atom. The van der Waals surface area contributed by atoms with E-state index in [2.05, 4.69) is 49.7 Å². The number of hydrogen-bond acceptors (Lipinski definition) is 5. The van der Waals surface area contributed by atoms with Crippen LogP contribution < -0.4 is 15.5 Å². The molecule has 1 amide bonds. The summed E-state index contributed by atoms with van der Waals surface area (Å²) in [6.07, 6.45) is 6.72.